The average molecular weight is 236 g/mol. The average Bonchev–Trinajstić information content (AvgIpc) is 2.38. The van der Waals surface area contributed by atoms with Crippen molar-refractivity contribution in [1.29, 1.82) is 0 Å². The van der Waals surface area contributed by atoms with E-state index in [1.807, 2.05) is 30.3 Å². The number of hydrogen-bond acceptors (Lipinski definition) is 4. The minimum absolute atomic E-state index is 0.278. The largest absolute Gasteiger partial charge is 0.461 e. The fourth-order valence-electron chi connectivity index (χ4n) is 1.65. The zero-order valence-corrected chi connectivity index (χ0v) is 9.63. The van der Waals surface area contributed by atoms with Gasteiger partial charge in [-0.1, -0.05) is 30.3 Å². The van der Waals surface area contributed by atoms with Gasteiger partial charge in [-0.25, -0.2) is 4.79 Å². The maximum Gasteiger partial charge on any atom is 0.335 e. The van der Waals surface area contributed by atoms with E-state index in [2.05, 4.69) is 0 Å². The summed E-state index contributed by atoms with van der Waals surface area (Å²) in [5, 5.41) is 0. The monoisotopic (exact) mass is 236 g/mol. The molecule has 0 spiro atoms. The van der Waals surface area contributed by atoms with Crippen LogP contribution >= 0.6 is 0 Å². The molecular formula is C13H16O4. The maximum absolute atomic E-state index is 11.3. The summed E-state index contributed by atoms with van der Waals surface area (Å²) in [7, 11) is 0. The Hall–Kier alpha value is -1.39. The van der Waals surface area contributed by atoms with Crippen LogP contribution in [0.4, 0.5) is 0 Å². The van der Waals surface area contributed by atoms with E-state index in [1.165, 1.54) is 0 Å². The molecule has 0 aliphatic carbocycles. The van der Waals surface area contributed by atoms with E-state index in [4.69, 9.17) is 14.2 Å². The van der Waals surface area contributed by atoms with E-state index in [-0.39, 0.29) is 5.97 Å². The standard InChI is InChI=1S/C13H16O4/c14-13-12(16-8-9-17-13)6-7-15-10-11-4-2-1-3-5-11/h1-5,12H,6-10H2. The topological polar surface area (TPSA) is 44.8 Å². The van der Waals surface area contributed by atoms with Crippen LogP contribution in [0.5, 0.6) is 0 Å². The Morgan fingerprint density at radius 1 is 1.24 bits per heavy atom. The van der Waals surface area contributed by atoms with Gasteiger partial charge in [0.25, 0.3) is 0 Å². The molecule has 2 rings (SSSR count). The van der Waals surface area contributed by atoms with E-state index in [1.54, 1.807) is 0 Å². The molecule has 4 nitrogen and oxygen atoms in total. The van der Waals surface area contributed by atoms with Crippen molar-refractivity contribution in [3.63, 3.8) is 0 Å². The highest BCUT2D eigenvalue weighted by atomic mass is 16.6. The predicted molar refractivity (Wildman–Crippen MR) is 61.4 cm³/mol. The summed E-state index contributed by atoms with van der Waals surface area (Å²) in [6, 6.07) is 9.92. The van der Waals surface area contributed by atoms with Crippen LogP contribution < -0.4 is 0 Å². The zero-order chi connectivity index (χ0) is 11.9. The molecular weight excluding hydrogens is 220 g/mol. The van der Waals surface area contributed by atoms with Gasteiger partial charge in [0.1, 0.15) is 6.61 Å². The lowest BCUT2D eigenvalue weighted by Gasteiger charge is -2.21. The molecule has 1 unspecified atom stereocenters. The lowest BCUT2D eigenvalue weighted by atomic mass is 10.2. The Bertz CT molecular complexity index is 350. The Balaban J connectivity index is 1.64. The normalized spacial score (nSPS) is 20.0. The zero-order valence-electron chi connectivity index (χ0n) is 9.63. The Morgan fingerprint density at radius 3 is 2.82 bits per heavy atom. The van der Waals surface area contributed by atoms with E-state index < -0.39 is 6.10 Å². The second kappa shape index (κ2) is 6.37. The van der Waals surface area contributed by atoms with Gasteiger partial charge in [-0.05, 0) is 5.56 Å². The van der Waals surface area contributed by atoms with Crippen molar-refractivity contribution in [2.75, 3.05) is 19.8 Å². The predicted octanol–water partition coefficient (Wildman–Crippen LogP) is 1.54. The first-order valence-corrected chi connectivity index (χ1v) is 5.76. The smallest absolute Gasteiger partial charge is 0.335 e. The third kappa shape index (κ3) is 3.84. The molecule has 4 heteroatoms. The van der Waals surface area contributed by atoms with E-state index >= 15 is 0 Å². The number of carbonyl (C=O) groups excluding carboxylic acids is 1. The summed E-state index contributed by atoms with van der Waals surface area (Å²) in [4.78, 5) is 11.3. The second-order valence-electron chi connectivity index (χ2n) is 3.85. The molecule has 1 saturated heterocycles. The van der Waals surface area contributed by atoms with Gasteiger partial charge in [0.15, 0.2) is 6.10 Å². The van der Waals surface area contributed by atoms with Crippen LogP contribution in [-0.4, -0.2) is 31.9 Å². The first kappa shape index (κ1) is 12.1. The van der Waals surface area contributed by atoms with Gasteiger partial charge in [-0.15, -0.1) is 0 Å². The summed E-state index contributed by atoms with van der Waals surface area (Å²) in [6.07, 6.45) is 0.0885. The summed E-state index contributed by atoms with van der Waals surface area (Å²) < 4.78 is 15.7. The quantitative estimate of drug-likeness (QED) is 0.574. The molecule has 0 bridgehead atoms. The number of carbonyl (C=O) groups is 1. The molecule has 1 atom stereocenters. The van der Waals surface area contributed by atoms with Crippen LogP contribution in [0.25, 0.3) is 0 Å². The highest BCUT2D eigenvalue weighted by molar-refractivity contribution is 5.75. The van der Waals surface area contributed by atoms with E-state index in [0.717, 1.165) is 5.56 Å². The van der Waals surface area contributed by atoms with Gasteiger partial charge in [-0.2, -0.15) is 0 Å². The fraction of sp³-hybridized carbons (Fsp3) is 0.462. The number of ether oxygens (including phenoxy) is 3. The minimum atomic E-state index is -0.459. The van der Waals surface area contributed by atoms with Gasteiger partial charge < -0.3 is 14.2 Å². The van der Waals surface area contributed by atoms with Gasteiger partial charge in [0.05, 0.1) is 19.8 Å². The van der Waals surface area contributed by atoms with Crippen molar-refractivity contribution in [2.24, 2.45) is 0 Å². The van der Waals surface area contributed by atoms with Crippen LogP contribution in [0, 0.1) is 0 Å². The molecule has 0 radical (unpaired) electrons. The van der Waals surface area contributed by atoms with Crippen molar-refractivity contribution in [3.8, 4) is 0 Å². The van der Waals surface area contributed by atoms with Crippen LogP contribution in [0.3, 0.4) is 0 Å². The number of hydrogen-bond donors (Lipinski definition) is 0. The maximum atomic E-state index is 11.3. The molecule has 1 aliphatic heterocycles. The second-order valence-corrected chi connectivity index (χ2v) is 3.85. The Labute approximate surface area is 100 Å². The van der Waals surface area contributed by atoms with Crippen molar-refractivity contribution >= 4 is 5.97 Å². The Morgan fingerprint density at radius 2 is 2.06 bits per heavy atom. The number of benzene rings is 1. The molecule has 0 saturated carbocycles. The highest BCUT2D eigenvalue weighted by Gasteiger charge is 2.24. The van der Waals surface area contributed by atoms with Gasteiger partial charge in [0.2, 0.25) is 0 Å². The highest BCUT2D eigenvalue weighted by Crippen LogP contribution is 2.08. The van der Waals surface area contributed by atoms with Crippen LogP contribution in [0.15, 0.2) is 30.3 Å². The fourth-order valence-corrected chi connectivity index (χ4v) is 1.65. The van der Waals surface area contributed by atoms with E-state index in [9.17, 15) is 4.79 Å². The minimum Gasteiger partial charge on any atom is -0.461 e. The lowest BCUT2D eigenvalue weighted by molar-refractivity contribution is -0.172. The number of cyclic esters (lactones) is 1. The summed E-state index contributed by atoms with van der Waals surface area (Å²) in [5.74, 6) is -0.278. The van der Waals surface area contributed by atoms with Crippen LogP contribution in [0.2, 0.25) is 0 Å². The molecule has 1 heterocycles. The summed E-state index contributed by atoms with van der Waals surface area (Å²) >= 11 is 0. The molecule has 92 valence electrons. The molecule has 1 fully saturated rings. The van der Waals surface area contributed by atoms with Gasteiger partial charge in [0, 0.05) is 6.42 Å². The van der Waals surface area contributed by atoms with Crippen molar-refractivity contribution in [1.82, 2.24) is 0 Å². The van der Waals surface area contributed by atoms with Crippen LogP contribution in [0.1, 0.15) is 12.0 Å². The van der Waals surface area contributed by atoms with Crippen molar-refractivity contribution < 1.29 is 19.0 Å². The summed E-state index contributed by atoms with van der Waals surface area (Å²) in [5.41, 5.74) is 1.12. The Kier molecular flexibility index (Phi) is 4.53. The molecule has 1 aliphatic rings. The molecule has 0 N–H and O–H groups in total. The summed E-state index contributed by atoms with van der Waals surface area (Å²) in [6.45, 7) is 1.90. The van der Waals surface area contributed by atoms with E-state index in [0.29, 0.717) is 32.8 Å². The third-order valence-electron chi connectivity index (χ3n) is 2.55. The lowest BCUT2D eigenvalue weighted by Crippen LogP contribution is -2.34. The van der Waals surface area contributed by atoms with Gasteiger partial charge >= 0.3 is 5.97 Å². The van der Waals surface area contributed by atoms with Crippen molar-refractivity contribution in [3.05, 3.63) is 35.9 Å². The molecule has 0 amide bonds. The molecule has 1 aromatic carbocycles. The molecule has 0 aromatic heterocycles. The first-order chi connectivity index (χ1) is 8.36. The third-order valence-corrected chi connectivity index (χ3v) is 2.55. The van der Waals surface area contributed by atoms with Gasteiger partial charge in [-0.3, -0.25) is 0 Å². The number of rotatable bonds is 5. The molecule has 17 heavy (non-hydrogen) atoms. The van der Waals surface area contributed by atoms with Crippen LogP contribution in [-0.2, 0) is 25.6 Å². The number of esters is 1. The SMILES string of the molecule is O=C1OCCOC1CCOCc1ccccc1. The van der Waals surface area contributed by atoms with Crippen molar-refractivity contribution in [2.45, 2.75) is 19.1 Å². The first-order valence-electron chi connectivity index (χ1n) is 5.76. The molecule has 1 aromatic rings.